The van der Waals surface area contributed by atoms with Crippen LogP contribution in [0, 0.1) is 0 Å². The van der Waals surface area contributed by atoms with Crippen molar-refractivity contribution in [2.45, 2.75) is 49.8 Å². The highest BCUT2D eigenvalue weighted by atomic mass is 32.2. The molecule has 0 fully saturated rings. The minimum absolute atomic E-state index is 0.226. The van der Waals surface area contributed by atoms with E-state index < -0.39 is 16.0 Å². The van der Waals surface area contributed by atoms with Gasteiger partial charge in [-0.25, -0.2) is 12.7 Å². The predicted molar refractivity (Wildman–Crippen MR) is 86.4 cm³/mol. The monoisotopic (exact) mass is 327 g/mol. The minimum Gasteiger partial charge on any atom is -0.481 e. The molecule has 0 spiro atoms. The van der Waals surface area contributed by atoms with Gasteiger partial charge in [-0.3, -0.25) is 4.79 Å². The first kappa shape index (κ1) is 18.6. The zero-order valence-electron chi connectivity index (χ0n) is 13.3. The van der Waals surface area contributed by atoms with Gasteiger partial charge in [0.15, 0.2) is 0 Å². The van der Waals surface area contributed by atoms with E-state index in [0.29, 0.717) is 11.3 Å². The van der Waals surface area contributed by atoms with Gasteiger partial charge in [0.05, 0.1) is 4.90 Å². The number of aryl methyl sites for hydroxylation is 1. The van der Waals surface area contributed by atoms with Crippen LogP contribution >= 0.6 is 0 Å². The summed E-state index contributed by atoms with van der Waals surface area (Å²) < 4.78 is 25.8. The van der Waals surface area contributed by atoms with Crippen LogP contribution in [0.25, 0.3) is 0 Å². The summed E-state index contributed by atoms with van der Waals surface area (Å²) in [5.41, 5.74) is 0.849. The molecule has 5 nitrogen and oxygen atoms in total. The molecule has 1 aromatic rings. The van der Waals surface area contributed by atoms with Gasteiger partial charge in [-0.2, -0.15) is 0 Å². The molecule has 1 rings (SSSR count). The van der Waals surface area contributed by atoms with Crippen LogP contribution in [0.5, 0.6) is 0 Å². The average Bonchev–Trinajstić information content (AvgIpc) is 2.46. The van der Waals surface area contributed by atoms with Crippen LogP contribution in [0.1, 0.15) is 44.1 Å². The summed E-state index contributed by atoms with van der Waals surface area (Å²) in [7, 11) is -0.328. The molecule has 124 valence electrons. The summed E-state index contributed by atoms with van der Waals surface area (Å²) in [6.07, 6.45) is 5.44. The van der Waals surface area contributed by atoms with Gasteiger partial charge in [0.1, 0.15) is 0 Å². The summed E-state index contributed by atoms with van der Waals surface area (Å²) in [5.74, 6) is -0.747. The fourth-order valence-electron chi connectivity index (χ4n) is 2.28. The average molecular weight is 327 g/mol. The molecule has 0 aliphatic carbocycles. The molecular formula is C16H25NO4S. The quantitative estimate of drug-likeness (QED) is 0.671. The Morgan fingerprint density at radius 1 is 1.05 bits per heavy atom. The molecule has 0 aliphatic rings. The lowest BCUT2D eigenvalue weighted by atomic mass is 10.0. The molecule has 0 heterocycles. The van der Waals surface area contributed by atoms with Gasteiger partial charge in [-0.15, -0.1) is 0 Å². The van der Waals surface area contributed by atoms with E-state index in [1.807, 2.05) is 12.1 Å². The van der Waals surface area contributed by atoms with E-state index in [1.165, 1.54) is 18.4 Å². The number of hydrogen-bond acceptors (Lipinski definition) is 3. The molecule has 0 saturated carbocycles. The third-order valence-corrected chi connectivity index (χ3v) is 5.48. The summed E-state index contributed by atoms with van der Waals surface area (Å²) in [4.78, 5) is 10.8. The highest BCUT2D eigenvalue weighted by Crippen LogP contribution is 2.20. The lowest BCUT2D eigenvalue weighted by Gasteiger charge is -2.15. The van der Waals surface area contributed by atoms with Gasteiger partial charge < -0.3 is 5.11 Å². The Morgan fingerprint density at radius 3 is 2.27 bits per heavy atom. The molecule has 0 aromatic heterocycles. The Bertz CT molecular complexity index is 582. The van der Waals surface area contributed by atoms with Crippen LogP contribution in [-0.4, -0.2) is 37.9 Å². The minimum atomic E-state index is -3.40. The van der Waals surface area contributed by atoms with Crippen LogP contribution in [0.3, 0.4) is 0 Å². The van der Waals surface area contributed by atoms with E-state index >= 15 is 0 Å². The highest BCUT2D eigenvalue weighted by Gasteiger charge is 2.20. The van der Waals surface area contributed by atoms with Crippen molar-refractivity contribution >= 4 is 16.0 Å². The van der Waals surface area contributed by atoms with E-state index in [1.54, 1.807) is 12.1 Å². The maximum absolute atomic E-state index is 12.3. The first-order chi connectivity index (χ1) is 10.4. The van der Waals surface area contributed by atoms with Crippen LogP contribution in [0.2, 0.25) is 0 Å². The number of sulfonamides is 1. The lowest BCUT2D eigenvalue weighted by molar-refractivity contribution is -0.137. The molecule has 6 heteroatoms. The molecular weight excluding hydrogens is 302 g/mol. The maximum atomic E-state index is 12.3. The van der Waals surface area contributed by atoms with Crippen LogP contribution in [0.15, 0.2) is 29.2 Å². The largest absolute Gasteiger partial charge is 0.481 e. The molecule has 0 unspecified atom stereocenters. The van der Waals surface area contributed by atoms with Crippen molar-refractivity contribution in [1.29, 1.82) is 0 Å². The fraction of sp³-hybridized carbons (Fsp3) is 0.562. The summed E-state index contributed by atoms with van der Waals surface area (Å²) >= 11 is 0. The van der Waals surface area contributed by atoms with Crippen molar-refractivity contribution in [1.82, 2.24) is 4.31 Å². The number of carbonyl (C=O) groups is 1. The van der Waals surface area contributed by atoms with E-state index in [2.05, 4.69) is 0 Å². The van der Waals surface area contributed by atoms with E-state index in [0.717, 1.165) is 37.7 Å². The molecule has 0 saturated heterocycles. The Morgan fingerprint density at radius 2 is 1.64 bits per heavy atom. The number of hydrogen-bond donors (Lipinski definition) is 1. The second kappa shape index (κ2) is 8.90. The molecule has 22 heavy (non-hydrogen) atoms. The molecule has 0 radical (unpaired) electrons. The van der Waals surface area contributed by atoms with Gasteiger partial charge in [0.25, 0.3) is 0 Å². The zero-order valence-corrected chi connectivity index (χ0v) is 14.1. The second-order valence-corrected chi connectivity index (χ2v) is 7.68. The van der Waals surface area contributed by atoms with Crippen LogP contribution < -0.4 is 0 Å². The van der Waals surface area contributed by atoms with Crippen molar-refractivity contribution in [3.63, 3.8) is 0 Å². The summed E-state index contributed by atoms with van der Waals surface area (Å²) in [5, 5.41) is 8.56. The number of rotatable bonds is 10. The summed E-state index contributed by atoms with van der Waals surface area (Å²) in [6, 6.07) is 7.11. The third kappa shape index (κ3) is 5.77. The van der Waals surface area contributed by atoms with Gasteiger partial charge >= 0.3 is 5.97 Å². The molecule has 0 atom stereocenters. The Kier molecular flexibility index (Phi) is 7.55. The van der Waals surface area contributed by atoms with Crippen molar-refractivity contribution in [2.24, 2.45) is 0 Å². The molecule has 0 aliphatic heterocycles. The summed E-state index contributed by atoms with van der Waals surface area (Å²) in [6.45, 7) is 0. The lowest BCUT2D eigenvalue weighted by Crippen LogP contribution is -2.23. The Labute approximate surface area is 133 Å². The Hall–Kier alpha value is -1.40. The third-order valence-electron chi connectivity index (χ3n) is 3.57. The number of aliphatic carboxylic acids is 1. The number of unbranched alkanes of at least 4 members (excludes halogenated alkanes) is 4. The molecule has 1 aromatic carbocycles. The fourth-order valence-corrected chi connectivity index (χ4v) is 3.43. The van der Waals surface area contributed by atoms with E-state index in [4.69, 9.17) is 5.11 Å². The van der Waals surface area contributed by atoms with Crippen molar-refractivity contribution in [3.05, 3.63) is 29.8 Å². The predicted octanol–water partition coefficient (Wildman–Crippen LogP) is 2.90. The van der Waals surface area contributed by atoms with Crippen molar-refractivity contribution < 1.29 is 18.3 Å². The highest BCUT2D eigenvalue weighted by molar-refractivity contribution is 7.89. The van der Waals surface area contributed by atoms with Gasteiger partial charge in [-0.05, 0) is 30.9 Å². The Balaban J connectivity index is 2.49. The zero-order chi connectivity index (χ0) is 16.6. The topological polar surface area (TPSA) is 74.7 Å². The molecule has 0 bridgehead atoms. The number of carboxylic acids is 1. The van der Waals surface area contributed by atoms with Crippen LogP contribution in [0.4, 0.5) is 0 Å². The normalized spacial score (nSPS) is 11.8. The van der Waals surface area contributed by atoms with E-state index in [9.17, 15) is 13.2 Å². The first-order valence-corrected chi connectivity index (χ1v) is 9.02. The van der Waals surface area contributed by atoms with Gasteiger partial charge in [0, 0.05) is 20.5 Å². The smallest absolute Gasteiger partial charge is 0.303 e. The van der Waals surface area contributed by atoms with Gasteiger partial charge in [0.2, 0.25) is 10.0 Å². The number of benzene rings is 1. The molecule has 1 N–H and O–H groups in total. The SMILES string of the molecule is CN(C)S(=O)(=O)c1ccccc1CCCCCCCC(=O)O. The maximum Gasteiger partial charge on any atom is 0.303 e. The standard InChI is InChI=1S/C16H25NO4S/c1-17(2)22(20,21)15-12-9-8-11-14(15)10-6-4-3-5-7-13-16(18)19/h8-9,11-12H,3-7,10,13H2,1-2H3,(H,18,19). The first-order valence-electron chi connectivity index (χ1n) is 7.58. The second-order valence-electron chi connectivity index (χ2n) is 5.56. The number of carboxylic acid groups (broad SMARTS) is 1. The van der Waals surface area contributed by atoms with Crippen LogP contribution in [-0.2, 0) is 21.2 Å². The van der Waals surface area contributed by atoms with Crippen molar-refractivity contribution in [2.75, 3.05) is 14.1 Å². The van der Waals surface area contributed by atoms with E-state index in [-0.39, 0.29) is 6.42 Å². The van der Waals surface area contributed by atoms with Gasteiger partial charge in [-0.1, -0.05) is 37.5 Å². The van der Waals surface area contributed by atoms with Crippen molar-refractivity contribution in [3.8, 4) is 0 Å². The molecule has 0 amide bonds. The number of nitrogens with zero attached hydrogens (tertiary/aromatic N) is 1.